The largest absolute Gasteiger partial charge is 0.444 e. The molecule has 0 bridgehead atoms. The van der Waals surface area contributed by atoms with Gasteiger partial charge in [-0.25, -0.2) is 9.78 Å². The molecule has 0 aliphatic rings. The Balaban J connectivity index is 1.69. The van der Waals surface area contributed by atoms with Crippen LogP contribution in [0.15, 0.2) is 67.3 Å². The van der Waals surface area contributed by atoms with Crippen molar-refractivity contribution in [1.82, 2.24) is 20.2 Å². The zero-order valence-corrected chi connectivity index (χ0v) is 18.8. The summed E-state index contributed by atoms with van der Waals surface area (Å²) < 4.78 is 7.31. The Bertz CT molecular complexity index is 1040. The van der Waals surface area contributed by atoms with E-state index >= 15 is 0 Å². The molecule has 3 rings (SSSR count). The van der Waals surface area contributed by atoms with Gasteiger partial charge in [-0.3, -0.25) is 4.79 Å². The Hall–Kier alpha value is -3.61. The van der Waals surface area contributed by atoms with Gasteiger partial charge in [0.05, 0.1) is 6.33 Å². The molecular weight excluding hydrogens is 404 g/mol. The molecule has 0 atom stereocenters. The average molecular weight is 435 g/mol. The summed E-state index contributed by atoms with van der Waals surface area (Å²) in [5.41, 5.74) is 2.65. The predicted molar refractivity (Wildman–Crippen MR) is 124 cm³/mol. The molecular formula is C25H30N4O3. The highest BCUT2D eigenvalue weighted by Gasteiger charge is 2.18. The van der Waals surface area contributed by atoms with Crippen molar-refractivity contribution in [1.29, 1.82) is 0 Å². The number of alkyl carbamates (subject to hydrolysis) is 1. The molecule has 0 saturated heterocycles. The number of hydrogen-bond acceptors (Lipinski definition) is 4. The summed E-state index contributed by atoms with van der Waals surface area (Å²) in [6.07, 6.45) is 5.74. The topological polar surface area (TPSA) is 85.2 Å². The van der Waals surface area contributed by atoms with Gasteiger partial charge >= 0.3 is 6.09 Å². The maximum atomic E-state index is 12.9. The van der Waals surface area contributed by atoms with E-state index in [1.165, 1.54) is 0 Å². The van der Waals surface area contributed by atoms with Crippen molar-refractivity contribution in [2.75, 3.05) is 6.54 Å². The molecule has 2 aromatic carbocycles. The number of imidazole rings is 1. The highest BCUT2D eigenvalue weighted by molar-refractivity contribution is 6.01. The molecule has 0 radical (unpaired) electrons. The minimum Gasteiger partial charge on any atom is -0.444 e. The van der Waals surface area contributed by atoms with Crippen LogP contribution in [0.25, 0.3) is 11.1 Å². The third-order valence-corrected chi connectivity index (χ3v) is 4.74. The average Bonchev–Trinajstić information content (AvgIpc) is 3.28. The quantitative estimate of drug-likeness (QED) is 0.515. The van der Waals surface area contributed by atoms with Crippen molar-refractivity contribution in [3.63, 3.8) is 0 Å². The molecule has 2 amide bonds. The van der Waals surface area contributed by atoms with E-state index in [0.717, 1.165) is 29.7 Å². The van der Waals surface area contributed by atoms with E-state index in [-0.39, 0.29) is 5.91 Å². The second-order valence-corrected chi connectivity index (χ2v) is 8.47. The van der Waals surface area contributed by atoms with E-state index in [1.54, 1.807) is 12.5 Å². The lowest BCUT2D eigenvalue weighted by atomic mass is 9.95. The van der Waals surface area contributed by atoms with Crippen LogP contribution in [-0.4, -0.2) is 33.7 Å². The molecule has 0 aliphatic carbocycles. The molecule has 3 aromatic rings. The van der Waals surface area contributed by atoms with Crippen molar-refractivity contribution < 1.29 is 14.3 Å². The first-order valence-corrected chi connectivity index (χ1v) is 10.7. The normalized spacial score (nSPS) is 11.1. The van der Waals surface area contributed by atoms with Crippen LogP contribution in [0.2, 0.25) is 0 Å². The van der Waals surface area contributed by atoms with Gasteiger partial charge in [0.2, 0.25) is 0 Å². The zero-order chi connectivity index (χ0) is 23.0. The van der Waals surface area contributed by atoms with Crippen molar-refractivity contribution in [3.8, 4) is 11.1 Å². The minimum absolute atomic E-state index is 0.124. The predicted octanol–water partition coefficient (Wildman–Crippen LogP) is 4.39. The lowest BCUT2D eigenvalue weighted by Crippen LogP contribution is -2.32. The molecule has 0 spiro atoms. The van der Waals surface area contributed by atoms with Gasteiger partial charge in [0.25, 0.3) is 5.91 Å². The van der Waals surface area contributed by atoms with E-state index in [4.69, 9.17) is 4.74 Å². The number of nitrogens with one attached hydrogen (secondary N) is 2. The summed E-state index contributed by atoms with van der Waals surface area (Å²) >= 11 is 0. The Labute approximate surface area is 188 Å². The van der Waals surface area contributed by atoms with Crippen LogP contribution in [0.5, 0.6) is 0 Å². The summed E-state index contributed by atoms with van der Waals surface area (Å²) in [6, 6.07) is 15.2. The molecule has 0 unspecified atom stereocenters. The van der Waals surface area contributed by atoms with Gasteiger partial charge in [-0.05, 0) is 49.9 Å². The monoisotopic (exact) mass is 434 g/mol. The van der Waals surface area contributed by atoms with Crippen LogP contribution in [-0.2, 0) is 17.8 Å². The Morgan fingerprint density at radius 3 is 2.44 bits per heavy atom. The van der Waals surface area contributed by atoms with Gasteiger partial charge in [0.15, 0.2) is 0 Å². The Morgan fingerprint density at radius 2 is 1.72 bits per heavy atom. The molecule has 0 aliphatic heterocycles. The van der Waals surface area contributed by atoms with E-state index in [2.05, 4.69) is 15.6 Å². The summed E-state index contributed by atoms with van der Waals surface area (Å²) in [5.74, 6) is -0.124. The number of carbonyl (C=O) groups is 2. The van der Waals surface area contributed by atoms with Gasteiger partial charge in [0, 0.05) is 37.6 Å². The summed E-state index contributed by atoms with van der Waals surface area (Å²) in [4.78, 5) is 29.0. The third-order valence-electron chi connectivity index (χ3n) is 4.74. The van der Waals surface area contributed by atoms with E-state index < -0.39 is 11.7 Å². The Kier molecular flexibility index (Phi) is 7.65. The summed E-state index contributed by atoms with van der Waals surface area (Å²) in [6.45, 7) is 7.13. The molecule has 168 valence electrons. The lowest BCUT2D eigenvalue weighted by Gasteiger charge is -2.20. The van der Waals surface area contributed by atoms with Gasteiger partial charge < -0.3 is 19.9 Å². The van der Waals surface area contributed by atoms with Crippen LogP contribution in [0, 0.1) is 0 Å². The number of benzene rings is 2. The number of aryl methyl sites for hydroxylation is 1. The molecule has 1 heterocycles. The molecule has 7 nitrogen and oxygen atoms in total. The summed E-state index contributed by atoms with van der Waals surface area (Å²) in [5, 5.41) is 5.81. The first kappa shape index (κ1) is 23.1. The first-order valence-electron chi connectivity index (χ1n) is 10.7. The third kappa shape index (κ3) is 6.70. The smallest absolute Gasteiger partial charge is 0.407 e. The van der Waals surface area contributed by atoms with Gasteiger partial charge in [0.1, 0.15) is 5.60 Å². The number of amides is 2. The number of nitrogens with zero attached hydrogens (tertiary/aromatic N) is 2. The molecule has 0 saturated carbocycles. The van der Waals surface area contributed by atoms with Crippen molar-refractivity contribution in [2.45, 2.75) is 45.9 Å². The second-order valence-electron chi connectivity index (χ2n) is 8.47. The lowest BCUT2D eigenvalue weighted by molar-refractivity contribution is 0.0523. The summed E-state index contributed by atoms with van der Waals surface area (Å²) in [7, 11) is 0. The van der Waals surface area contributed by atoms with Crippen LogP contribution in [0.3, 0.4) is 0 Å². The maximum Gasteiger partial charge on any atom is 0.407 e. The molecule has 32 heavy (non-hydrogen) atoms. The minimum atomic E-state index is -0.563. The number of hydrogen-bond donors (Lipinski definition) is 2. The van der Waals surface area contributed by atoms with Crippen LogP contribution in [0.4, 0.5) is 4.79 Å². The molecule has 1 aromatic heterocycles. The zero-order valence-electron chi connectivity index (χ0n) is 18.8. The highest BCUT2D eigenvalue weighted by Crippen LogP contribution is 2.27. The highest BCUT2D eigenvalue weighted by atomic mass is 16.6. The fourth-order valence-corrected chi connectivity index (χ4v) is 3.31. The fourth-order valence-electron chi connectivity index (χ4n) is 3.31. The van der Waals surface area contributed by atoms with E-state index in [9.17, 15) is 9.59 Å². The first-order chi connectivity index (χ1) is 15.3. The number of ether oxygens (including phenoxy) is 1. The molecule has 7 heteroatoms. The number of aromatic nitrogens is 2. The molecule has 2 N–H and O–H groups in total. The fraction of sp³-hybridized carbons (Fsp3) is 0.320. The van der Waals surface area contributed by atoms with E-state index in [0.29, 0.717) is 18.7 Å². The van der Waals surface area contributed by atoms with Crippen molar-refractivity contribution >= 4 is 12.0 Å². The number of carbonyl (C=O) groups excluding carboxylic acids is 2. The second kappa shape index (κ2) is 10.6. The van der Waals surface area contributed by atoms with Crippen molar-refractivity contribution in [2.24, 2.45) is 0 Å². The van der Waals surface area contributed by atoms with Crippen LogP contribution < -0.4 is 10.6 Å². The van der Waals surface area contributed by atoms with Gasteiger partial charge in [-0.15, -0.1) is 0 Å². The van der Waals surface area contributed by atoms with Crippen molar-refractivity contribution in [3.05, 3.63) is 78.4 Å². The van der Waals surface area contributed by atoms with Gasteiger partial charge in [-0.2, -0.15) is 0 Å². The standard InChI is InChI=1S/C25H30N4O3/c1-25(2,3)32-24(31)28-17-19-9-4-5-10-20(19)21-11-6-7-12-22(21)23(30)27-13-8-15-29-16-14-26-18-29/h4-7,9-12,14,16,18H,8,13,15,17H2,1-3H3,(H,27,30)(H,28,31). The SMILES string of the molecule is CC(C)(C)OC(=O)NCc1ccccc1-c1ccccc1C(=O)NCCCn1ccnc1. The van der Waals surface area contributed by atoms with E-state index in [1.807, 2.05) is 80.1 Å². The maximum absolute atomic E-state index is 12.9. The number of rotatable bonds is 8. The van der Waals surface area contributed by atoms with Crippen LogP contribution >= 0.6 is 0 Å². The van der Waals surface area contributed by atoms with Crippen LogP contribution in [0.1, 0.15) is 43.1 Å². The molecule has 0 fully saturated rings. The Morgan fingerprint density at radius 1 is 1.00 bits per heavy atom. The van der Waals surface area contributed by atoms with Gasteiger partial charge in [-0.1, -0.05) is 42.5 Å².